The molecule has 0 spiro atoms. The Kier molecular flexibility index (Phi) is 3.97. The van der Waals surface area contributed by atoms with E-state index >= 15 is 0 Å². The molecule has 2 fully saturated rings. The molecule has 2 amide bonds. The molecule has 2 heterocycles. The molecule has 1 atom stereocenters. The topological polar surface area (TPSA) is 43.9 Å². The summed E-state index contributed by atoms with van der Waals surface area (Å²) in [6, 6.07) is 7.16. The Balaban J connectivity index is 1.77. The summed E-state index contributed by atoms with van der Waals surface area (Å²) in [6.45, 7) is 3.15. The molecule has 21 heavy (non-hydrogen) atoms. The molecule has 2 aliphatic heterocycles. The number of imide groups is 1. The first-order valence-corrected chi connectivity index (χ1v) is 7.50. The van der Waals surface area contributed by atoms with Gasteiger partial charge in [0.1, 0.15) is 0 Å². The third-order valence-corrected chi connectivity index (χ3v) is 4.41. The molecule has 0 aliphatic carbocycles. The highest BCUT2D eigenvalue weighted by atomic mass is 35.5. The number of hydrogen-bond donors (Lipinski definition) is 0. The van der Waals surface area contributed by atoms with Gasteiger partial charge < -0.3 is 4.90 Å². The van der Waals surface area contributed by atoms with Crippen molar-refractivity contribution in [2.24, 2.45) is 0 Å². The Morgan fingerprint density at radius 1 is 1.05 bits per heavy atom. The fraction of sp³-hybridized carbons (Fsp3) is 0.467. The molecule has 0 N–H and O–H groups in total. The van der Waals surface area contributed by atoms with Crippen LogP contribution in [0.2, 0.25) is 5.02 Å². The van der Waals surface area contributed by atoms with Crippen LogP contribution in [0.5, 0.6) is 0 Å². The van der Waals surface area contributed by atoms with Crippen LogP contribution in [0.1, 0.15) is 17.9 Å². The fourth-order valence-electron chi connectivity index (χ4n) is 2.87. The van der Waals surface area contributed by atoms with E-state index in [1.54, 1.807) is 12.1 Å². The van der Waals surface area contributed by atoms with E-state index in [1.165, 1.54) is 5.01 Å². The maximum Gasteiger partial charge on any atom is 0.252 e. The summed E-state index contributed by atoms with van der Waals surface area (Å²) >= 11 is 5.87. The van der Waals surface area contributed by atoms with Crippen LogP contribution in [0.15, 0.2) is 24.3 Å². The monoisotopic (exact) mass is 307 g/mol. The largest absolute Gasteiger partial charge is 0.304 e. The lowest BCUT2D eigenvalue weighted by Gasteiger charge is -2.36. The normalized spacial score (nSPS) is 24.9. The molecule has 2 saturated heterocycles. The Morgan fingerprint density at radius 2 is 1.67 bits per heavy atom. The van der Waals surface area contributed by atoms with Gasteiger partial charge in [-0.15, -0.1) is 0 Å². The second kappa shape index (κ2) is 5.75. The molecule has 5 nitrogen and oxygen atoms in total. The van der Waals surface area contributed by atoms with Gasteiger partial charge in [-0.25, -0.2) is 10.0 Å². The maximum absolute atomic E-state index is 12.6. The minimum Gasteiger partial charge on any atom is -0.304 e. The summed E-state index contributed by atoms with van der Waals surface area (Å²) < 4.78 is 0. The molecule has 0 aromatic heterocycles. The lowest BCUT2D eigenvalue weighted by molar-refractivity contribution is -0.160. The molecule has 112 valence electrons. The first-order chi connectivity index (χ1) is 10.1. The van der Waals surface area contributed by atoms with Gasteiger partial charge in [0.05, 0.1) is 5.92 Å². The number of benzene rings is 1. The summed E-state index contributed by atoms with van der Waals surface area (Å²) in [7, 11) is 2.04. The van der Waals surface area contributed by atoms with Crippen molar-refractivity contribution in [1.82, 2.24) is 14.9 Å². The minimum absolute atomic E-state index is 0.107. The van der Waals surface area contributed by atoms with Crippen molar-refractivity contribution in [3.63, 3.8) is 0 Å². The fourth-order valence-corrected chi connectivity index (χ4v) is 2.99. The van der Waals surface area contributed by atoms with E-state index in [1.807, 2.05) is 24.2 Å². The van der Waals surface area contributed by atoms with Crippen LogP contribution >= 0.6 is 11.6 Å². The van der Waals surface area contributed by atoms with Gasteiger partial charge in [-0.05, 0) is 24.7 Å². The zero-order valence-corrected chi connectivity index (χ0v) is 12.7. The first kappa shape index (κ1) is 14.5. The molecular weight excluding hydrogens is 290 g/mol. The third kappa shape index (κ3) is 2.81. The molecular formula is C15H18ClN3O2. The van der Waals surface area contributed by atoms with Gasteiger partial charge in [0.25, 0.3) is 5.91 Å². The minimum atomic E-state index is -0.380. The predicted octanol–water partition coefficient (Wildman–Crippen LogP) is 1.34. The molecule has 0 bridgehead atoms. The molecule has 1 aromatic carbocycles. The van der Waals surface area contributed by atoms with Gasteiger partial charge >= 0.3 is 0 Å². The number of likely N-dealkylation sites (N-methyl/N-ethyl adjacent to an activating group) is 1. The summed E-state index contributed by atoms with van der Waals surface area (Å²) in [4.78, 5) is 27.0. The van der Waals surface area contributed by atoms with Gasteiger partial charge in [0.2, 0.25) is 5.91 Å². The molecule has 6 heteroatoms. The van der Waals surface area contributed by atoms with Crippen LogP contribution in [-0.4, -0.2) is 60.0 Å². The number of hydrazine groups is 1. The molecule has 3 rings (SSSR count). The van der Waals surface area contributed by atoms with Crippen molar-refractivity contribution < 1.29 is 9.59 Å². The van der Waals surface area contributed by atoms with Crippen molar-refractivity contribution in [3.05, 3.63) is 34.9 Å². The number of rotatable bonds is 2. The first-order valence-electron chi connectivity index (χ1n) is 7.12. The van der Waals surface area contributed by atoms with E-state index in [0.717, 1.165) is 18.7 Å². The second-order valence-electron chi connectivity index (χ2n) is 5.61. The average Bonchev–Trinajstić information content (AvgIpc) is 2.76. The van der Waals surface area contributed by atoms with E-state index in [9.17, 15) is 9.59 Å². The summed E-state index contributed by atoms with van der Waals surface area (Å²) in [5, 5.41) is 3.86. The zero-order chi connectivity index (χ0) is 15.0. The van der Waals surface area contributed by atoms with E-state index in [4.69, 9.17) is 11.6 Å². The van der Waals surface area contributed by atoms with E-state index in [2.05, 4.69) is 4.90 Å². The highest BCUT2D eigenvalue weighted by Gasteiger charge is 2.43. The highest BCUT2D eigenvalue weighted by Crippen LogP contribution is 2.31. The number of amides is 2. The SMILES string of the molecule is CN1CCN(N2C(=O)CC(c3ccc(Cl)cc3)C2=O)CC1. The number of piperazine rings is 1. The number of carbonyl (C=O) groups excluding carboxylic acids is 2. The van der Waals surface area contributed by atoms with Crippen LogP contribution in [-0.2, 0) is 9.59 Å². The third-order valence-electron chi connectivity index (χ3n) is 4.16. The van der Waals surface area contributed by atoms with Gasteiger partial charge in [-0.3, -0.25) is 9.59 Å². The van der Waals surface area contributed by atoms with Crippen LogP contribution in [0, 0.1) is 0 Å². The summed E-state index contributed by atoms with van der Waals surface area (Å²) in [6.07, 6.45) is 0.243. The van der Waals surface area contributed by atoms with Crippen molar-refractivity contribution in [2.75, 3.05) is 33.2 Å². The predicted molar refractivity (Wildman–Crippen MR) is 79.7 cm³/mol. The molecule has 0 saturated carbocycles. The van der Waals surface area contributed by atoms with Crippen LogP contribution < -0.4 is 0 Å². The Bertz CT molecular complexity index is 553. The number of carbonyl (C=O) groups is 2. The average molecular weight is 308 g/mol. The number of hydrogen-bond acceptors (Lipinski definition) is 4. The van der Waals surface area contributed by atoms with Crippen LogP contribution in [0.25, 0.3) is 0 Å². The summed E-state index contributed by atoms with van der Waals surface area (Å²) in [5.41, 5.74) is 0.856. The van der Waals surface area contributed by atoms with Crippen LogP contribution in [0.3, 0.4) is 0 Å². The standard InChI is InChI=1S/C15H18ClN3O2/c1-17-6-8-18(9-7-17)19-14(20)10-13(15(19)21)11-2-4-12(16)5-3-11/h2-5,13H,6-10H2,1H3. The van der Waals surface area contributed by atoms with Gasteiger partial charge in [-0.1, -0.05) is 23.7 Å². The molecule has 2 aliphatic rings. The number of nitrogens with zero attached hydrogens (tertiary/aromatic N) is 3. The lowest BCUT2D eigenvalue weighted by atomic mass is 9.98. The number of halogens is 1. The Hall–Kier alpha value is -1.43. The van der Waals surface area contributed by atoms with Crippen LogP contribution in [0.4, 0.5) is 0 Å². The van der Waals surface area contributed by atoms with E-state index in [-0.39, 0.29) is 24.2 Å². The Labute approximate surface area is 129 Å². The molecule has 1 aromatic rings. The maximum atomic E-state index is 12.6. The Morgan fingerprint density at radius 3 is 2.29 bits per heavy atom. The highest BCUT2D eigenvalue weighted by molar-refractivity contribution is 6.30. The molecule has 1 unspecified atom stereocenters. The van der Waals surface area contributed by atoms with E-state index in [0.29, 0.717) is 18.1 Å². The lowest BCUT2D eigenvalue weighted by Crippen LogP contribution is -2.54. The second-order valence-corrected chi connectivity index (χ2v) is 6.05. The van der Waals surface area contributed by atoms with Gasteiger partial charge in [-0.2, -0.15) is 0 Å². The smallest absolute Gasteiger partial charge is 0.252 e. The van der Waals surface area contributed by atoms with Crippen molar-refractivity contribution >= 4 is 23.4 Å². The van der Waals surface area contributed by atoms with Gasteiger partial charge in [0, 0.05) is 37.6 Å². The van der Waals surface area contributed by atoms with E-state index < -0.39 is 0 Å². The summed E-state index contributed by atoms with van der Waals surface area (Å²) in [5.74, 6) is -0.606. The van der Waals surface area contributed by atoms with Gasteiger partial charge in [0.15, 0.2) is 0 Å². The van der Waals surface area contributed by atoms with Crippen molar-refractivity contribution in [3.8, 4) is 0 Å². The zero-order valence-electron chi connectivity index (χ0n) is 12.0. The molecule has 0 radical (unpaired) electrons. The van der Waals surface area contributed by atoms with Crippen molar-refractivity contribution in [1.29, 1.82) is 0 Å². The van der Waals surface area contributed by atoms with Crippen molar-refractivity contribution in [2.45, 2.75) is 12.3 Å². The quantitative estimate of drug-likeness (QED) is 0.774.